The molecule has 7 nitrogen and oxygen atoms in total. The molecule has 1 N–H and O–H groups in total. The topological polar surface area (TPSA) is 92.8 Å². The second-order valence-electron chi connectivity index (χ2n) is 6.62. The quantitative estimate of drug-likeness (QED) is 0.672. The van der Waals surface area contributed by atoms with Crippen LogP contribution in [0.4, 0.5) is 5.00 Å². The third-order valence-electron chi connectivity index (χ3n) is 4.98. The number of aryl methyl sites for hydroxylation is 1. The van der Waals surface area contributed by atoms with Crippen LogP contribution < -0.4 is 5.32 Å². The van der Waals surface area contributed by atoms with Crippen LogP contribution in [0.1, 0.15) is 51.4 Å². The molecular weight excluding hydrogens is 412 g/mol. The number of esters is 1. The Morgan fingerprint density at radius 3 is 2.59 bits per heavy atom. The predicted molar refractivity (Wildman–Crippen MR) is 112 cm³/mol. The van der Waals surface area contributed by atoms with Crippen LogP contribution in [0.15, 0.2) is 29.2 Å². The summed E-state index contributed by atoms with van der Waals surface area (Å²) in [5, 5.41) is 3.23. The van der Waals surface area contributed by atoms with E-state index in [-0.39, 0.29) is 10.5 Å². The first-order valence-corrected chi connectivity index (χ1v) is 11.7. The van der Waals surface area contributed by atoms with Crippen molar-refractivity contribution in [2.24, 2.45) is 0 Å². The molecule has 0 saturated carbocycles. The van der Waals surface area contributed by atoms with E-state index in [4.69, 9.17) is 4.74 Å². The third kappa shape index (κ3) is 4.08. The summed E-state index contributed by atoms with van der Waals surface area (Å²) in [5.41, 5.74) is 1.56. The fraction of sp³-hybridized carbons (Fsp3) is 0.400. The molecule has 0 fully saturated rings. The summed E-state index contributed by atoms with van der Waals surface area (Å²) in [6.45, 7) is 4.22. The van der Waals surface area contributed by atoms with Crippen molar-refractivity contribution in [2.45, 2.75) is 38.0 Å². The number of sulfonamides is 1. The minimum Gasteiger partial charge on any atom is -0.465 e. The molecule has 0 atom stereocenters. The van der Waals surface area contributed by atoms with Gasteiger partial charge in [0, 0.05) is 23.5 Å². The number of nitrogens with one attached hydrogen (secondary N) is 1. The van der Waals surface area contributed by atoms with Crippen LogP contribution >= 0.6 is 11.3 Å². The molecular formula is C20H24N2O5S2. The number of hydrogen-bond donors (Lipinski definition) is 1. The Bertz CT molecular complexity index is 1040. The molecule has 156 valence electrons. The Labute approximate surface area is 174 Å². The van der Waals surface area contributed by atoms with Gasteiger partial charge in [-0.1, -0.05) is 19.9 Å². The van der Waals surface area contributed by atoms with Gasteiger partial charge in [-0.05, 0) is 43.0 Å². The summed E-state index contributed by atoms with van der Waals surface area (Å²) in [7, 11) is -2.36. The molecule has 1 aromatic carbocycles. The monoisotopic (exact) mass is 436 g/mol. The lowest BCUT2D eigenvalue weighted by molar-refractivity contribution is 0.0601. The lowest BCUT2D eigenvalue weighted by Crippen LogP contribution is -2.30. The maximum Gasteiger partial charge on any atom is 0.341 e. The van der Waals surface area contributed by atoms with Gasteiger partial charge in [-0.15, -0.1) is 11.3 Å². The molecule has 1 aromatic heterocycles. The van der Waals surface area contributed by atoms with E-state index < -0.39 is 21.9 Å². The molecule has 9 heteroatoms. The largest absolute Gasteiger partial charge is 0.465 e. The highest BCUT2D eigenvalue weighted by molar-refractivity contribution is 7.89. The van der Waals surface area contributed by atoms with E-state index in [2.05, 4.69) is 5.32 Å². The molecule has 2 aromatic rings. The zero-order chi connectivity index (χ0) is 21.2. The van der Waals surface area contributed by atoms with Gasteiger partial charge in [0.05, 0.1) is 17.6 Å². The number of fused-ring (bicyclic) bond motifs is 1. The Morgan fingerprint density at radius 2 is 1.93 bits per heavy atom. The van der Waals surface area contributed by atoms with Gasteiger partial charge in [-0.3, -0.25) is 4.79 Å². The molecule has 0 aliphatic heterocycles. The third-order valence-corrected chi connectivity index (χ3v) is 8.23. The van der Waals surface area contributed by atoms with Crippen LogP contribution in [0.25, 0.3) is 0 Å². The zero-order valence-corrected chi connectivity index (χ0v) is 18.3. The van der Waals surface area contributed by atoms with Gasteiger partial charge in [0.15, 0.2) is 0 Å². The van der Waals surface area contributed by atoms with Crippen LogP contribution in [0.3, 0.4) is 0 Å². The van der Waals surface area contributed by atoms with Gasteiger partial charge in [0.25, 0.3) is 5.91 Å². The average molecular weight is 437 g/mol. The maximum atomic E-state index is 12.8. The minimum absolute atomic E-state index is 0.0655. The SMILES string of the molecule is CCN(CC)S(=O)(=O)c1cccc(C(=O)Nc2sc3c(c2C(=O)OC)CCC3)c1. The summed E-state index contributed by atoms with van der Waals surface area (Å²) in [4.78, 5) is 26.2. The lowest BCUT2D eigenvalue weighted by atomic mass is 10.1. The van der Waals surface area contributed by atoms with E-state index in [9.17, 15) is 18.0 Å². The number of carbonyl (C=O) groups is 2. The number of benzene rings is 1. The number of amides is 1. The van der Waals surface area contributed by atoms with E-state index in [0.717, 1.165) is 29.7 Å². The van der Waals surface area contributed by atoms with E-state index in [1.807, 2.05) is 0 Å². The van der Waals surface area contributed by atoms with E-state index in [1.54, 1.807) is 26.0 Å². The number of hydrogen-bond acceptors (Lipinski definition) is 6. The Balaban J connectivity index is 1.91. The van der Waals surface area contributed by atoms with Crippen LogP contribution in [0.2, 0.25) is 0 Å². The number of methoxy groups -OCH3 is 1. The summed E-state index contributed by atoms with van der Waals surface area (Å²) >= 11 is 1.38. The number of nitrogens with zero attached hydrogens (tertiary/aromatic N) is 1. The van der Waals surface area contributed by atoms with Crippen LogP contribution in [0, 0.1) is 0 Å². The molecule has 0 spiro atoms. The molecule has 1 aliphatic rings. The first-order valence-electron chi connectivity index (χ1n) is 9.47. The first kappa shape index (κ1) is 21.5. The second-order valence-corrected chi connectivity index (χ2v) is 9.67. The molecule has 0 bridgehead atoms. The molecule has 0 unspecified atom stereocenters. The van der Waals surface area contributed by atoms with Crippen molar-refractivity contribution in [3.05, 3.63) is 45.8 Å². The smallest absolute Gasteiger partial charge is 0.341 e. The van der Waals surface area contributed by atoms with Gasteiger partial charge in [0.1, 0.15) is 5.00 Å². The van der Waals surface area contributed by atoms with Crippen molar-refractivity contribution >= 4 is 38.2 Å². The number of ether oxygens (including phenoxy) is 1. The molecule has 3 rings (SSSR count). The van der Waals surface area contributed by atoms with Gasteiger partial charge in [0.2, 0.25) is 10.0 Å². The summed E-state index contributed by atoms with van der Waals surface area (Å²) in [6.07, 6.45) is 2.63. The van der Waals surface area contributed by atoms with Gasteiger partial charge >= 0.3 is 5.97 Å². The van der Waals surface area contributed by atoms with E-state index >= 15 is 0 Å². The zero-order valence-electron chi connectivity index (χ0n) is 16.6. The lowest BCUT2D eigenvalue weighted by Gasteiger charge is -2.18. The van der Waals surface area contributed by atoms with Crippen LogP contribution in [-0.2, 0) is 27.6 Å². The molecule has 29 heavy (non-hydrogen) atoms. The highest BCUT2D eigenvalue weighted by atomic mass is 32.2. The minimum atomic E-state index is -3.67. The summed E-state index contributed by atoms with van der Waals surface area (Å²) in [6, 6.07) is 5.93. The Hall–Kier alpha value is -2.23. The number of anilines is 1. The van der Waals surface area contributed by atoms with Crippen molar-refractivity contribution in [2.75, 3.05) is 25.5 Å². The molecule has 1 amide bonds. The van der Waals surface area contributed by atoms with Gasteiger partial charge in [-0.2, -0.15) is 4.31 Å². The second kappa shape index (κ2) is 8.64. The summed E-state index contributed by atoms with van der Waals surface area (Å²) in [5.74, 6) is -0.941. The average Bonchev–Trinajstić information content (AvgIpc) is 3.29. The number of carbonyl (C=O) groups excluding carboxylic acids is 2. The predicted octanol–water partition coefficient (Wildman–Crippen LogP) is 3.31. The highest BCUT2D eigenvalue weighted by Crippen LogP contribution is 2.39. The highest BCUT2D eigenvalue weighted by Gasteiger charge is 2.28. The van der Waals surface area contributed by atoms with Crippen LogP contribution in [0.5, 0.6) is 0 Å². The Morgan fingerprint density at radius 1 is 1.21 bits per heavy atom. The standard InChI is InChI=1S/C20H24N2O5S2/c1-4-22(5-2)29(25,26)14-9-6-8-13(12-14)18(23)21-19-17(20(24)27-3)15-10-7-11-16(15)28-19/h6,8-9,12H,4-5,7,10-11H2,1-3H3,(H,21,23). The fourth-order valence-electron chi connectivity index (χ4n) is 3.50. The molecule has 1 aliphatic carbocycles. The first-order chi connectivity index (χ1) is 13.8. The normalized spacial score (nSPS) is 13.4. The van der Waals surface area contributed by atoms with Crippen molar-refractivity contribution in [1.82, 2.24) is 4.31 Å². The van der Waals surface area contributed by atoms with Crippen molar-refractivity contribution in [1.29, 1.82) is 0 Å². The number of rotatable bonds is 7. The molecule has 0 saturated heterocycles. The van der Waals surface area contributed by atoms with E-state index in [0.29, 0.717) is 23.7 Å². The number of thiophene rings is 1. The molecule has 1 heterocycles. The van der Waals surface area contributed by atoms with E-state index in [1.165, 1.54) is 34.9 Å². The van der Waals surface area contributed by atoms with Crippen molar-refractivity contribution in [3.63, 3.8) is 0 Å². The fourth-order valence-corrected chi connectivity index (χ4v) is 6.27. The van der Waals surface area contributed by atoms with Crippen LogP contribution in [-0.4, -0.2) is 44.8 Å². The summed E-state index contributed by atoms with van der Waals surface area (Å²) < 4.78 is 31.7. The maximum absolute atomic E-state index is 12.8. The van der Waals surface area contributed by atoms with Crippen molar-refractivity contribution < 1.29 is 22.7 Å². The van der Waals surface area contributed by atoms with Gasteiger partial charge in [-0.25, -0.2) is 13.2 Å². The Kier molecular flexibility index (Phi) is 6.40. The molecule has 0 radical (unpaired) electrons. The van der Waals surface area contributed by atoms with Crippen molar-refractivity contribution in [3.8, 4) is 0 Å². The van der Waals surface area contributed by atoms with Gasteiger partial charge < -0.3 is 10.1 Å².